The van der Waals surface area contributed by atoms with E-state index in [0.717, 1.165) is 51.6 Å². The Labute approximate surface area is 202 Å². The molecule has 2 rings (SSSR count). The van der Waals surface area contributed by atoms with Gasteiger partial charge in [0.25, 0.3) is 0 Å². The molecule has 0 aliphatic carbocycles. The van der Waals surface area contributed by atoms with Crippen LogP contribution in [0.15, 0.2) is 60.7 Å². The Morgan fingerprint density at radius 3 is 1.85 bits per heavy atom. The molecule has 0 heterocycles. The number of amides is 1. The summed E-state index contributed by atoms with van der Waals surface area (Å²) < 4.78 is 5.80. The molecule has 33 heavy (non-hydrogen) atoms. The molecule has 2 aromatic carbocycles. The number of carbonyl (C=O) groups is 1. The van der Waals surface area contributed by atoms with Crippen molar-refractivity contribution in [1.29, 1.82) is 0 Å². The van der Waals surface area contributed by atoms with Gasteiger partial charge in [0.15, 0.2) is 0 Å². The Balaban J connectivity index is 2.08. The van der Waals surface area contributed by atoms with Crippen LogP contribution in [0.5, 0.6) is 0 Å². The first-order chi connectivity index (χ1) is 15.8. The molecule has 3 heteroatoms. The van der Waals surface area contributed by atoms with E-state index in [1.165, 1.54) is 17.5 Å². The van der Waals surface area contributed by atoms with Crippen LogP contribution >= 0.6 is 0 Å². The summed E-state index contributed by atoms with van der Waals surface area (Å²) in [5.41, 5.74) is 2.25. The van der Waals surface area contributed by atoms with Crippen LogP contribution in [0.1, 0.15) is 77.8 Å². The second-order valence-electron chi connectivity index (χ2n) is 10.5. The summed E-state index contributed by atoms with van der Waals surface area (Å²) in [6.07, 6.45) is 7.40. The van der Waals surface area contributed by atoms with E-state index in [4.69, 9.17) is 4.74 Å². The molecule has 0 unspecified atom stereocenters. The topological polar surface area (TPSA) is 29.5 Å². The van der Waals surface area contributed by atoms with Crippen LogP contribution in [0.4, 0.5) is 4.79 Å². The second kappa shape index (κ2) is 14.1. The van der Waals surface area contributed by atoms with Crippen molar-refractivity contribution in [3.05, 3.63) is 71.8 Å². The van der Waals surface area contributed by atoms with Crippen molar-refractivity contribution < 1.29 is 9.53 Å². The Kier molecular flexibility index (Phi) is 11.5. The molecule has 0 N–H and O–H groups in total. The molecule has 0 saturated carbocycles. The number of hydrogen-bond donors (Lipinski definition) is 0. The Hall–Kier alpha value is -2.29. The minimum absolute atomic E-state index is 0.170. The molecule has 182 valence electrons. The normalized spacial score (nSPS) is 12.5. The van der Waals surface area contributed by atoms with Crippen molar-refractivity contribution >= 4 is 6.09 Å². The van der Waals surface area contributed by atoms with Crippen LogP contribution in [0.2, 0.25) is 0 Å². The van der Waals surface area contributed by atoms with Gasteiger partial charge in [0.05, 0.1) is 0 Å². The van der Waals surface area contributed by atoms with Gasteiger partial charge in [-0.3, -0.25) is 0 Å². The third-order valence-electron chi connectivity index (χ3n) is 6.32. The number of aryl methyl sites for hydroxylation is 2. The fourth-order valence-electron chi connectivity index (χ4n) is 4.09. The number of benzene rings is 2. The largest absolute Gasteiger partial charge is 0.444 e. The maximum Gasteiger partial charge on any atom is 0.410 e. The summed E-state index contributed by atoms with van der Waals surface area (Å²) >= 11 is 0. The summed E-state index contributed by atoms with van der Waals surface area (Å²) in [4.78, 5) is 15.1. The molecular formula is C30H45NO2. The number of rotatable bonds is 13. The summed E-state index contributed by atoms with van der Waals surface area (Å²) in [5.74, 6) is 1.12. The third-order valence-corrected chi connectivity index (χ3v) is 6.32. The lowest BCUT2D eigenvalue weighted by atomic mass is 9.92. The van der Waals surface area contributed by atoms with E-state index in [1.807, 2.05) is 25.7 Å². The van der Waals surface area contributed by atoms with Gasteiger partial charge >= 0.3 is 6.09 Å². The van der Waals surface area contributed by atoms with E-state index >= 15 is 0 Å². The zero-order valence-corrected chi connectivity index (χ0v) is 21.6. The van der Waals surface area contributed by atoms with Crippen LogP contribution in [-0.4, -0.2) is 29.7 Å². The van der Waals surface area contributed by atoms with Crippen LogP contribution in [-0.2, 0) is 17.6 Å². The van der Waals surface area contributed by atoms with Crippen LogP contribution in [0.25, 0.3) is 0 Å². The van der Waals surface area contributed by atoms with E-state index in [-0.39, 0.29) is 6.09 Å². The lowest BCUT2D eigenvalue weighted by Gasteiger charge is -2.31. The van der Waals surface area contributed by atoms with Crippen LogP contribution < -0.4 is 0 Å². The maximum absolute atomic E-state index is 13.1. The number of ether oxygens (including phenoxy) is 1. The summed E-state index contributed by atoms with van der Waals surface area (Å²) in [7, 11) is 0. The summed E-state index contributed by atoms with van der Waals surface area (Å²) in [5, 5.41) is 0. The fourth-order valence-corrected chi connectivity index (χ4v) is 4.09. The van der Waals surface area contributed by atoms with Gasteiger partial charge in [0, 0.05) is 13.1 Å². The number of nitrogens with zero attached hydrogens (tertiary/aromatic N) is 1. The maximum atomic E-state index is 13.1. The molecule has 1 amide bonds. The van der Waals surface area contributed by atoms with Crippen molar-refractivity contribution in [2.24, 2.45) is 11.8 Å². The summed E-state index contributed by atoms with van der Waals surface area (Å²) in [6.45, 7) is 11.9. The van der Waals surface area contributed by atoms with Gasteiger partial charge in [-0.25, -0.2) is 4.79 Å². The zero-order valence-electron chi connectivity index (χ0n) is 21.6. The van der Waals surface area contributed by atoms with Crippen molar-refractivity contribution in [3.63, 3.8) is 0 Å². The number of hydrogen-bond acceptors (Lipinski definition) is 2. The highest BCUT2D eigenvalue weighted by atomic mass is 16.6. The Morgan fingerprint density at radius 1 is 0.879 bits per heavy atom. The molecule has 0 aliphatic rings. The van der Waals surface area contributed by atoms with Crippen molar-refractivity contribution in [2.75, 3.05) is 13.1 Å². The molecule has 0 spiro atoms. The molecule has 0 fully saturated rings. The first-order valence-electron chi connectivity index (χ1n) is 12.8. The second-order valence-corrected chi connectivity index (χ2v) is 10.5. The predicted molar refractivity (Wildman–Crippen MR) is 140 cm³/mol. The van der Waals surface area contributed by atoms with Gasteiger partial charge in [0.1, 0.15) is 5.60 Å². The molecule has 1 atom stereocenters. The van der Waals surface area contributed by atoms with Gasteiger partial charge in [-0.15, -0.1) is 0 Å². The van der Waals surface area contributed by atoms with E-state index in [2.05, 4.69) is 74.5 Å². The molecule has 0 aliphatic heterocycles. The monoisotopic (exact) mass is 451 g/mol. The van der Waals surface area contributed by atoms with E-state index < -0.39 is 5.60 Å². The fraction of sp³-hybridized carbons (Fsp3) is 0.567. The van der Waals surface area contributed by atoms with E-state index in [9.17, 15) is 4.79 Å². The molecular weight excluding hydrogens is 406 g/mol. The van der Waals surface area contributed by atoms with Gasteiger partial charge in [-0.1, -0.05) is 80.9 Å². The Morgan fingerprint density at radius 2 is 1.39 bits per heavy atom. The van der Waals surface area contributed by atoms with Gasteiger partial charge in [-0.2, -0.15) is 0 Å². The average molecular weight is 452 g/mol. The summed E-state index contributed by atoms with van der Waals surface area (Å²) in [6, 6.07) is 21.4. The highest BCUT2D eigenvalue weighted by Crippen LogP contribution is 2.21. The standard InChI is InChI=1S/C30H45NO2/c1-6-25(2)14-13-23-31(29(32)33-30(3,4)5)24-28(21-19-26-15-9-7-10-16-26)22-20-27-17-11-8-12-18-27/h7-12,15-18,25,28H,6,13-14,19-24H2,1-5H3/t25-/m1/s1. The van der Waals surface area contributed by atoms with Crippen molar-refractivity contribution in [2.45, 2.75) is 85.2 Å². The highest BCUT2D eigenvalue weighted by Gasteiger charge is 2.24. The quantitative estimate of drug-likeness (QED) is 0.309. The van der Waals surface area contributed by atoms with Crippen LogP contribution in [0.3, 0.4) is 0 Å². The molecule has 0 bridgehead atoms. The van der Waals surface area contributed by atoms with E-state index in [0.29, 0.717) is 11.8 Å². The highest BCUT2D eigenvalue weighted by molar-refractivity contribution is 5.68. The Bertz CT molecular complexity index is 738. The average Bonchev–Trinajstić information content (AvgIpc) is 2.79. The predicted octanol–water partition coefficient (Wildman–Crippen LogP) is 7.93. The smallest absolute Gasteiger partial charge is 0.410 e. The van der Waals surface area contributed by atoms with Crippen LogP contribution in [0, 0.1) is 11.8 Å². The van der Waals surface area contributed by atoms with Gasteiger partial charge in [-0.05, 0) is 82.3 Å². The molecule has 0 saturated heterocycles. The van der Waals surface area contributed by atoms with Gasteiger partial charge < -0.3 is 9.64 Å². The van der Waals surface area contributed by atoms with E-state index in [1.54, 1.807) is 0 Å². The third kappa shape index (κ3) is 11.4. The minimum atomic E-state index is -0.477. The lowest BCUT2D eigenvalue weighted by Crippen LogP contribution is -2.40. The molecule has 0 radical (unpaired) electrons. The first-order valence-corrected chi connectivity index (χ1v) is 12.8. The number of carbonyl (C=O) groups excluding carboxylic acids is 1. The lowest BCUT2D eigenvalue weighted by molar-refractivity contribution is 0.0209. The van der Waals surface area contributed by atoms with Crippen molar-refractivity contribution in [1.82, 2.24) is 4.90 Å². The zero-order chi connectivity index (χ0) is 24.1. The minimum Gasteiger partial charge on any atom is -0.444 e. The SMILES string of the molecule is CC[C@@H](C)CCCN(CC(CCc1ccccc1)CCc1ccccc1)C(=O)OC(C)(C)C. The van der Waals surface area contributed by atoms with Gasteiger partial charge in [0.2, 0.25) is 0 Å². The first kappa shape index (κ1) is 27.0. The molecule has 2 aromatic rings. The molecule has 0 aromatic heterocycles. The molecule has 3 nitrogen and oxygen atoms in total. The van der Waals surface area contributed by atoms with Crippen molar-refractivity contribution in [3.8, 4) is 0 Å².